The van der Waals surface area contributed by atoms with E-state index in [1.807, 2.05) is 6.92 Å². The maximum atomic E-state index is 10.7. The average Bonchev–Trinajstić information content (AvgIpc) is 2.77. The van der Waals surface area contributed by atoms with Gasteiger partial charge in [0, 0.05) is 18.9 Å². The summed E-state index contributed by atoms with van der Waals surface area (Å²) in [5.41, 5.74) is 0. The number of nitrogens with one attached hydrogen (secondary N) is 1. The second kappa shape index (κ2) is 24.2. The zero-order valence-electron chi connectivity index (χ0n) is 14.8. The van der Waals surface area contributed by atoms with Gasteiger partial charge in [0.05, 0.1) is 0 Å². The van der Waals surface area contributed by atoms with Gasteiger partial charge in [-0.05, 0) is 26.2 Å². The molecule has 1 amide bonds. The fourth-order valence-electron chi connectivity index (χ4n) is 1.39. The molecule has 1 heterocycles. The van der Waals surface area contributed by atoms with Crippen molar-refractivity contribution in [1.82, 2.24) is 5.32 Å². The van der Waals surface area contributed by atoms with Crippen molar-refractivity contribution in [1.29, 1.82) is 0 Å². The Morgan fingerprint density at radius 1 is 1.10 bits per heavy atom. The van der Waals surface area contributed by atoms with Crippen molar-refractivity contribution in [2.24, 2.45) is 5.92 Å². The van der Waals surface area contributed by atoms with Crippen LogP contribution in [0.4, 0.5) is 0 Å². The van der Waals surface area contributed by atoms with Gasteiger partial charge in [0.1, 0.15) is 5.78 Å². The van der Waals surface area contributed by atoms with Crippen molar-refractivity contribution in [2.45, 2.75) is 94.4 Å². The minimum absolute atomic E-state index is 0. The summed E-state index contributed by atoms with van der Waals surface area (Å²) in [4.78, 5) is 20.7. The van der Waals surface area contributed by atoms with E-state index >= 15 is 0 Å². The molecule has 130 valence electrons. The van der Waals surface area contributed by atoms with E-state index in [1.165, 1.54) is 12.8 Å². The number of Topliss-reactive ketones (excluding diaryl/α,β-unsaturated/α-hetero) is 1. The van der Waals surface area contributed by atoms with Crippen molar-refractivity contribution in [3.8, 4) is 0 Å². The molecule has 1 saturated heterocycles. The lowest BCUT2D eigenvalue weighted by Crippen LogP contribution is -2.18. The minimum Gasteiger partial charge on any atom is -0.356 e. The minimum atomic E-state index is 0. The molecule has 0 radical (unpaired) electrons. The third-order valence-electron chi connectivity index (χ3n) is 2.26. The predicted octanol–water partition coefficient (Wildman–Crippen LogP) is 5.38. The first-order valence-corrected chi connectivity index (χ1v) is 8.21. The average molecular weight is 304 g/mol. The molecular formula is C18H41NO2. The Bertz CT molecular complexity index is 213. The first kappa shape index (κ1) is 28.3. The summed E-state index contributed by atoms with van der Waals surface area (Å²) in [6, 6.07) is 0. The van der Waals surface area contributed by atoms with E-state index in [-0.39, 0.29) is 19.1 Å². The molecule has 0 bridgehead atoms. The summed E-state index contributed by atoms with van der Waals surface area (Å²) >= 11 is 0. The summed E-state index contributed by atoms with van der Waals surface area (Å²) in [5, 5.41) is 2.78. The lowest BCUT2D eigenvalue weighted by Gasteiger charge is -1.97. The van der Waals surface area contributed by atoms with Gasteiger partial charge in [0.15, 0.2) is 0 Å². The second-order valence-electron chi connectivity index (χ2n) is 5.05. The van der Waals surface area contributed by atoms with Crippen molar-refractivity contribution >= 4 is 11.7 Å². The van der Waals surface area contributed by atoms with Gasteiger partial charge in [0.2, 0.25) is 5.91 Å². The molecule has 21 heavy (non-hydrogen) atoms. The van der Waals surface area contributed by atoms with Crippen LogP contribution in [-0.2, 0) is 9.59 Å². The molecule has 0 aromatic carbocycles. The van der Waals surface area contributed by atoms with E-state index in [4.69, 9.17) is 0 Å². The molecule has 3 heteroatoms. The van der Waals surface area contributed by atoms with Crippen LogP contribution >= 0.6 is 0 Å². The molecule has 0 saturated carbocycles. The van der Waals surface area contributed by atoms with Crippen LogP contribution in [0.3, 0.4) is 0 Å². The highest BCUT2D eigenvalue weighted by Crippen LogP contribution is 2.11. The van der Waals surface area contributed by atoms with Crippen LogP contribution in [0.5, 0.6) is 0 Å². The molecular weight excluding hydrogens is 262 g/mol. The number of carbonyl (C=O) groups excluding carboxylic acids is 2. The Labute approximate surface area is 134 Å². The second-order valence-corrected chi connectivity index (χ2v) is 5.05. The Morgan fingerprint density at radius 3 is 1.62 bits per heavy atom. The largest absolute Gasteiger partial charge is 0.356 e. The van der Waals surface area contributed by atoms with Crippen LogP contribution in [0.15, 0.2) is 0 Å². The SMILES string of the molecule is C.CCC.CCC.CCCC(C)=O.CC[C@@H]1CCNC1=O. The Balaban J connectivity index is -0.0000000995. The number of hydrogen-bond acceptors (Lipinski definition) is 2. The summed E-state index contributed by atoms with van der Waals surface area (Å²) in [5.74, 6) is 0.847. The van der Waals surface area contributed by atoms with Gasteiger partial charge in [-0.25, -0.2) is 0 Å². The van der Waals surface area contributed by atoms with Crippen LogP contribution in [0.2, 0.25) is 0 Å². The highest BCUT2D eigenvalue weighted by molar-refractivity contribution is 5.80. The van der Waals surface area contributed by atoms with E-state index in [9.17, 15) is 9.59 Å². The van der Waals surface area contributed by atoms with Gasteiger partial charge in [-0.1, -0.05) is 61.8 Å². The van der Waals surface area contributed by atoms with Crippen molar-refractivity contribution in [3.63, 3.8) is 0 Å². The third kappa shape index (κ3) is 28.1. The smallest absolute Gasteiger partial charge is 0.223 e. The van der Waals surface area contributed by atoms with Crippen LogP contribution in [0.25, 0.3) is 0 Å². The van der Waals surface area contributed by atoms with Gasteiger partial charge >= 0.3 is 0 Å². The van der Waals surface area contributed by atoms with E-state index in [0.29, 0.717) is 5.92 Å². The van der Waals surface area contributed by atoms with E-state index in [0.717, 1.165) is 32.2 Å². The monoisotopic (exact) mass is 303 g/mol. The summed E-state index contributed by atoms with van der Waals surface area (Å²) < 4.78 is 0. The quantitative estimate of drug-likeness (QED) is 0.761. The number of hydrogen-bond donors (Lipinski definition) is 1. The maximum absolute atomic E-state index is 10.7. The number of ketones is 1. The van der Waals surface area contributed by atoms with Crippen LogP contribution < -0.4 is 5.32 Å². The van der Waals surface area contributed by atoms with Crippen LogP contribution in [0, 0.1) is 5.92 Å². The summed E-state index contributed by atoms with van der Waals surface area (Å²) in [6.45, 7) is 15.1. The van der Waals surface area contributed by atoms with Crippen molar-refractivity contribution < 1.29 is 9.59 Å². The molecule has 0 aromatic heterocycles. The van der Waals surface area contributed by atoms with Gasteiger partial charge in [0.25, 0.3) is 0 Å². The first-order valence-electron chi connectivity index (χ1n) is 8.21. The van der Waals surface area contributed by atoms with Gasteiger partial charge in [-0.15, -0.1) is 0 Å². The molecule has 0 aliphatic carbocycles. The molecule has 1 atom stereocenters. The first-order chi connectivity index (χ1) is 9.44. The Kier molecular flexibility index (Phi) is 32.6. The van der Waals surface area contributed by atoms with E-state index in [2.05, 4.69) is 39.9 Å². The van der Waals surface area contributed by atoms with Gasteiger partial charge in [-0.3, -0.25) is 4.79 Å². The predicted molar refractivity (Wildman–Crippen MR) is 95.7 cm³/mol. The molecule has 1 aliphatic rings. The van der Waals surface area contributed by atoms with E-state index in [1.54, 1.807) is 6.92 Å². The summed E-state index contributed by atoms with van der Waals surface area (Å²) in [7, 11) is 0. The molecule has 1 aliphatic heterocycles. The molecule has 1 N–H and O–H groups in total. The third-order valence-corrected chi connectivity index (χ3v) is 2.26. The maximum Gasteiger partial charge on any atom is 0.223 e. The van der Waals surface area contributed by atoms with E-state index < -0.39 is 0 Å². The number of carbonyl (C=O) groups is 2. The molecule has 1 rings (SSSR count). The summed E-state index contributed by atoms with van der Waals surface area (Å²) in [6.07, 6.45) is 6.25. The zero-order chi connectivity index (χ0) is 16.4. The Morgan fingerprint density at radius 2 is 1.52 bits per heavy atom. The molecule has 0 aromatic rings. The van der Waals surface area contributed by atoms with Gasteiger partial charge in [-0.2, -0.15) is 0 Å². The fraction of sp³-hybridized carbons (Fsp3) is 0.889. The molecule has 3 nitrogen and oxygen atoms in total. The van der Waals surface area contributed by atoms with Crippen molar-refractivity contribution in [2.75, 3.05) is 6.54 Å². The Hall–Kier alpha value is -0.860. The van der Waals surface area contributed by atoms with Gasteiger partial charge < -0.3 is 10.1 Å². The standard InChI is InChI=1S/C6H11NO.C5H10O.2C3H8.CH4/c1-2-5-3-4-7-6(5)8;1-3-4-5(2)6;2*1-3-2;/h5H,2-4H2,1H3,(H,7,8);3-4H2,1-2H3;2*3H2,1-2H3;1H4/t5-;;;;/m1..../s1. The topological polar surface area (TPSA) is 46.2 Å². The normalized spacial score (nSPS) is 14.8. The van der Waals surface area contributed by atoms with Crippen LogP contribution in [-0.4, -0.2) is 18.2 Å². The molecule has 0 unspecified atom stereocenters. The zero-order valence-corrected chi connectivity index (χ0v) is 14.8. The number of rotatable bonds is 3. The highest BCUT2D eigenvalue weighted by Gasteiger charge is 2.20. The number of amides is 1. The highest BCUT2D eigenvalue weighted by atomic mass is 16.2. The lowest BCUT2D eigenvalue weighted by atomic mass is 10.1. The van der Waals surface area contributed by atoms with Crippen LogP contribution in [0.1, 0.15) is 94.4 Å². The fourth-order valence-corrected chi connectivity index (χ4v) is 1.39. The van der Waals surface area contributed by atoms with Crippen molar-refractivity contribution in [3.05, 3.63) is 0 Å². The molecule has 0 spiro atoms. The molecule has 1 fully saturated rings. The lowest BCUT2D eigenvalue weighted by molar-refractivity contribution is -0.122.